The highest BCUT2D eigenvalue weighted by Gasteiger charge is 2.42. The van der Waals surface area contributed by atoms with E-state index in [-0.39, 0.29) is 18.2 Å². The summed E-state index contributed by atoms with van der Waals surface area (Å²) in [5, 5.41) is 3.52. The zero-order valence-electron chi connectivity index (χ0n) is 20.2. The van der Waals surface area contributed by atoms with Gasteiger partial charge in [-0.2, -0.15) is 0 Å². The minimum absolute atomic E-state index is 0.149. The molecule has 0 aromatic rings. The summed E-state index contributed by atoms with van der Waals surface area (Å²) in [6.45, 7) is 18.1. The lowest BCUT2D eigenvalue weighted by Crippen LogP contribution is -2.68. The summed E-state index contributed by atoms with van der Waals surface area (Å²) in [6.07, 6.45) is 4.35. The lowest BCUT2D eigenvalue weighted by Gasteiger charge is -2.51. The summed E-state index contributed by atoms with van der Waals surface area (Å²) in [6, 6.07) is 2.40. The summed E-state index contributed by atoms with van der Waals surface area (Å²) in [7, 11) is -2.41. The van der Waals surface area contributed by atoms with Gasteiger partial charge < -0.3 is 29.3 Å². The summed E-state index contributed by atoms with van der Waals surface area (Å²) in [5.74, 6) is 1.75. The van der Waals surface area contributed by atoms with Gasteiger partial charge in [-0.25, -0.2) is 4.79 Å². The van der Waals surface area contributed by atoms with Crippen molar-refractivity contribution in [3.8, 4) is 0 Å². The van der Waals surface area contributed by atoms with Crippen molar-refractivity contribution in [3.05, 3.63) is 24.0 Å². The van der Waals surface area contributed by atoms with Gasteiger partial charge in [0.15, 0.2) is 5.76 Å². The van der Waals surface area contributed by atoms with Gasteiger partial charge in [-0.15, -0.1) is 0 Å². The van der Waals surface area contributed by atoms with E-state index in [0.717, 1.165) is 43.2 Å². The molecule has 2 fully saturated rings. The van der Waals surface area contributed by atoms with E-state index < -0.39 is 16.1 Å². The van der Waals surface area contributed by atoms with Crippen LogP contribution in [0, 0.1) is 0 Å². The van der Waals surface area contributed by atoms with Gasteiger partial charge >= 0.3 is 6.09 Å². The molecule has 31 heavy (non-hydrogen) atoms. The van der Waals surface area contributed by atoms with Crippen molar-refractivity contribution < 1.29 is 19.0 Å². The van der Waals surface area contributed by atoms with E-state index in [4.69, 9.17) is 14.2 Å². The first-order valence-electron chi connectivity index (χ1n) is 11.6. The fourth-order valence-corrected chi connectivity index (χ4v) is 5.47. The number of ether oxygens (including phenoxy) is 3. The molecule has 0 spiro atoms. The van der Waals surface area contributed by atoms with Gasteiger partial charge in [-0.1, -0.05) is 39.3 Å². The highest BCUT2D eigenvalue weighted by Crippen LogP contribution is 2.30. The Balaban J connectivity index is 1.67. The van der Waals surface area contributed by atoms with Gasteiger partial charge in [-0.05, 0) is 18.2 Å². The Bertz CT molecular complexity index is 676. The van der Waals surface area contributed by atoms with Gasteiger partial charge in [0.05, 0.1) is 31.6 Å². The predicted octanol–water partition coefficient (Wildman–Crippen LogP) is 3.88. The Morgan fingerprint density at radius 1 is 1.03 bits per heavy atom. The number of carbonyl (C=O) groups is 1. The second-order valence-corrected chi connectivity index (χ2v) is 22.5. The van der Waals surface area contributed by atoms with Gasteiger partial charge in [0.2, 0.25) is 5.88 Å². The minimum atomic E-state index is -1.22. The van der Waals surface area contributed by atoms with Crippen LogP contribution in [0.15, 0.2) is 24.0 Å². The van der Waals surface area contributed by atoms with Crippen molar-refractivity contribution >= 4 is 22.2 Å². The Morgan fingerprint density at radius 2 is 1.61 bits per heavy atom. The number of piperazine rings is 2. The standard InChI is InChI=1S/C22H41N3O4Si2/c1-30(2,3)12-10-28-21(20-8-7-9-27-20)25-18-14-23-15-19(25)17-24(16-18)22(26)29-11-13-31(4,5)6/h7,9,18-19,23H,8,10-17H2,1-6H3. The first kappa shape index (κ1) is 24.2. The Labute approximate surface area is 189 Å². The molecule has 1 N–H and O–H groups in total. The highest BCUT2D eigenvalue weighted by atomic mass is 28.3. The van der Waals surface area contributed by atoms with Crippen LogP contribution in [0.5, 0.6) is 0 Å². The van der Waals surface area contributed by atoms with E-state index in [1.807, 2.05) is 11.0 Å². The second kappa shape index (κ2) is 10.00. The molecule has 2 bridgehead atoms. The number of carbonyl (C=O) groups excluding carboxylic acids is 1. The molecule has 0 radical (unpaired) electrons. The number of nitrogens with zero attached hydrogens (tertiary/aromatic N) is 2. The van der Waals surface area contributed by atoms with Crippen LogP contribution in [-0.4, -0.2) is 83.5 Å². The lowest BCUT2D eigenvalue weighted by atomic mass is 10.0. The quantitative estimate of drug-likeness (QED) is 0.432. The Morgan fingerprint density at radius 3 is 2.13 bits per heavy atom. The van der Waals surface area contributed by atoms with Crippen LogP contribution >= 0.6 is 0 Å². The summed E-state index contributed by atoms with van der Waals surface area (Å²) in [4.78, 5) is 17.0. The van der Waals surface area contributed by atoms with Crippen LogP contribution in [0.3, 0.4) is 0 Å². The third kappa shape index (κ3) is 7.01. The fraction of sp³-hybridized carbons (Fsp3) is 0.773. The van der Waals surface area contributed by atoms with E-state index in [2.05, 4.69) is 49.5 Å². The average molecular weight is 468 g/mol. The number of hydrogen-bond acceptors (Lipinski definition) is 6. The van der Waals surface area contributed by atoms with Gasteiger partial charge in [-0.3, -0.25) is 0 Å². The summed E-state index contributed by atoms with van der Waals surface area (Å²) < 4.78 is 17.8. The first-order valence-corrected chi connectivity index (χ1v) is 19.0. The molecule has 3 aliphatic rings. The van der Waals surface area contributed by atoms with Crippen molar-refractivity contribution in [3.63, 3.8) is 0 Å². The van der Waals surface area contributed by atoms with Crippen LogP contribution < -0.4 is 5.32 Å². The fourth-order valence-electron chi connectivity index (χ4n) is 4.04. The molecule has 0 aromatic carbocycles. The molecule has 1 amide bonds. The zero-order chi connectivity index (χ0) is 22.6. The molecule has 0 aliphatic carbocycles. The van der Waals surface area contributed by atoms with Gasteiger partial charge in [0.1, 0.15) is 0 Å². The third-order valence-corrected chi connectivity index (χ3v) is 9.33. The molecule has 0 saturated carbocycles. The number of fused-ring (bicyclic) bond motifs is 2. The number of amides is 1. The Kier molecular flexibility index (Phi) is 7.80. The summed E-state index contributed by atoms with van der Waals surface area (Å²) in [5.41, 5.74) is 0. The SMILES string of the molecule is C[Si](C)(C)CCOC(=O)N1CC2CNCC(C1)N2C(OCC[Si](C)(C)C)=C1CC=CO1. The smallest absolute Gasteiger partial charge is 0.409 e. The topological polar surface area (TPSA) is 63.3 Å². The van der Waals surface area contributed by atoms with Crippen LogP contribution in [0.2, 0.25) is 51.4 Å². The number of allylic oxidation sites excluding steroid dienone is 1. The molecule has 7 nitrogen and oxygen atoms in total. The van der Waals surface area contributed by atoms with Crippen LogP contribution in [-0.2, 0) is 14.2 Å². The van der Waals surface area contributed by atoms with Crippen LogP contribution in [0.1, 0.15) is 6.42 Å². The zero-order valence-corrected chi connectivity index (χ0v) is 22.2. The van der Waals surface area contributed by atoms with Crippen molar-refractivity contribution in [2.24, 2.45) is 0 Å². The van der Waals surface area contributed by atoms with E-state index in [1.54, 1.807) is 6.26 Å². The van der Waals surface area contributed by atoms with E-state index in [1.165, 1.54) is 0 Å². The van der Waals surface area contributed by atoms with Crippen molar-refractivity contribution in [2.75, 3.05) is 39.4 Å². The van der Waals surface area contributed by atoms with Crippen LogP contribution in [0.4, 0.5) is 4.79 Å². The highest BCUT2D eigenvalue weighted by molar-refractivity contribution is 6.76. The van der Waals surface area contributed by atoms with Gasteiger partial charge in [0.25, 0.3) is 0 Å². The molecule has 2 unspecified atom stereocenters. The maximum Gasteiger partial charge on any atom is 0.409 e. The van der Waals surface area contributed by atoms with E-state index in [9.17, 15) is 4.79 Å². The number of hydrogen-bond donors (Lipinski definition) is 1. The van der Waals surface area contributed by atoms with Crippen molar-refractivity contribution in [1.82, 2.24) is 15.1 Å². The van der Waals surface area contributed by atoms with Crippen molar-refractivity contribution in [2.45, 2.75) is 69.9 Å². The molecular formula is C22H41N3O4Si2. The van der Waals surface area contributed by atoms with Crippen molar-refractivity contribution in [1.29, 1.82) is 0 Å². The maximum atomic E-state index is 12.7. The maximum absolute atomic E-state index is 12.7. The number of rotatable bonds is 8. The summed E-state index contributed by atoms with van der Waals surface area (Å²) >= 11 is 0. The average Bonchev–Trinajstić information content (AvgIpc) is 3.16. The van der Waals surface area contributed by atoms with Crippen LogP contribution in [0.25, 0.3) is 0 Å². The third-order valence-electron chi connectivity index (χ3n) is 5.92. The van der Waals surface area contributed by atoms with Gasteiger partial charge in [0, 0.05) is 48.7 Å². The molecule has 2 atom stereocenters. The lowest BCUT2D eigenvalue weighted by molar-refractivity contribution is -0.0268. The molecule has 3 aliphatic heterocycles. The molecule has 3 rings (SSSR count). The Hall–Kier alpha value is -1.46. The molecular weight excluding hydrogens is 426 g/mol. The molecule has 9 heteroatoms. The van der Waals surface area contributed by atoms with E-state index in [0.29, 0.717) is 26.3 Å². The molecule has 2 saturated heterocycles. The number of nitrogens with one attached hydrogen (secondary N) is 1. The largest absolute Gasteiger partial charge is 0.477 e. The first-order chi connectivity index (χ1) is 14.5. The molecule has 3 heterocycles. The molecule has 0 aromatic heterocycles. The second-order valence-electron chi connectivity index (χ2n) is 11.3. The normalized spacial score (nSPS) is 25.4. The molecule has 176 valence electrons. The predicted molar refractivity (Wildman–Crippen MR) is 129 cm³/mol. The minimum Gasteiger partial charge on any atom is -0.477 e. The van der Waals surface area contributed by atoms with E-state index >= 15 is 0 Å². The monoisotopic (exact) mass is 467 g/mol.